The van der Waals surface area contributed by atoms with Gasteiger partial charge in [0, 0.05) is 12.1 Å². The highest BCUT2D eigenvalue weighted by Gasteiger charge is 2.31. The first-order valence-electron chi connectivity index (χ1n) is 11.3. The molecule has 0 heterocycles. The molecule has 0 saturated heterocycles. The van der Waals surface area contributed by atoms with Gasteiger partial charge in [-0.1, -0.05) is 42.0 Å². The van der Waals surface area contributed by atoms with E-state index in [4.69, 9.17) is 0 Å². The van der Waals surface area contributed by atoms with Gasteiger partial charge in [0.1, 0.15) is 12.6 Å². The van der Waals surface area contributed by atoms with Gasteiger partial charge in [-0.15, -0.1) is 0 Å². The van der Waals surface area contributed by atoms with Gasteiger partial charge in [-0.25, -0.2) is 8.42 Å². The first-order valence-corrected chi connectivity index (χ1v) is 13.2. The van der Waals surface area contributed by atoms with Crippen molar-refractivity contribution < 1.29 is 18.0 Å². The minimum absolute atomic E-state index is 0.184. The average Bonchev–Trinajstić information content (AvgIpc) is 2.70. The van der Waals surface area contributed by atoms with E-state index < -0.39 is 34.1 Å². The lowest BCUT2D eigenvalue weighted by Gasteiger charge is -2.33. The van der Waals surface area contributed by atoms with Gasteiger partial charge in [-0.3, -0.25) is 13.9 Å². The van der Waals surface area contributed by atoms with E-state index in [0.717, 1.165) is 32.8 Å². The van der Waals surface area contributed by atoms with Crippen molar-refractivity contribution in [3.05, 3.63) is 64.7 Å². The van der Waals surface area contributed by atoms with Crippen LogP contribution in [0.2, 0.25) is 0 Å². The normalized spacial score (nSPS) is 12.7. The van der Waals surface area contributed by atoms with E-state index in [1.54, 1.807) is 19.1 Å². The molecule has 8 heteroatoms. The molecule has 2 amide bonds. The Kier molecular flexibility index (Phi) is 8.53. The zero-order chi connectivity index (χ0) is 25.8. The number of benzene rings is 2. The van der Waals surface area contributed by atoms with Crippen molar-refractivity contribution in [3.8, 4) is 0 Å². The topological polar surface area (TPSA) is 86.8 Å². The molecule has 0 aliphatic carbocycles. The number of sulfonamides is 1. The quantitative estimate of drug-likeness (QED) is 0.615. The molecule has 0 aliphatic heterocycles. The summed E-state index contributed by atoms with van der Waals surface area (Å²) < 4.78 is 26.6. The van der Waals surface area contributed by atoms with Gasteiger partial charge >= 0.3 is 0 Å². The van der Waals surface area contributed by atoms with Gasteiger partial charge < -0.3 is 10.2 Å². The minimum atomic E-state index is -3.75. The van der Waals surface area contributed by atoms with Crippen LogP contribution >= 0.6 is 0 Å². The molecular formula is C26H37N3O4S. The predicted molar refractivity (Wildman–Crippen MR) is 137 cm³/mol. The van der Waals surface area contributed by atoms with Crippen LogP contribution in [0.4, 0.5) is 5.69 Å². The second-order valence-corrected chi connectivity index (χ2v) is 11.8. The van der Waals surface area contributed by atoms with Crippen LogP contribution in [0.15, 0.2) is 42.5 Å². The molecule has 7 nitrogen and oxygen atoms in total. The van der Waals surface area contributed by atoms with Crippen molar-refractivity contribution in [3.63, 3.8) is 0 Å². The van der Waals surface area contributed by atoms with Crippen LogP contribution in [0.5, 0.6) is 0 Å². The van der Waals surface area contributed by atoms with Crippen LogP contribution in [0.25, 0.3) is 0 Å². The lowest BCUT2D eigenvalue weighted by Crippen LogP contribution is -2.54. The highest BCUT2D eigenvalue weighted by Crippen LogP contribution is 2.25. The van der Waals surface area contributed by atoms with E-state index >= 15 is 0 Å². The summed E-state index contributed by atoms with van der Waals surface area (Å²) in [5.74, 6) is -0.754. The Morgan fingerprint density at radius 2 is 1.65 bits per heavy atom. The summed E-state index contributed by atoms with van der Waals surface area (Å²) in [5.41, 5.74) is 3.59. The van der Waals surface area contributed by atoms with Crippen molar-refractivity contribution in [1.82, 2.24) is 10.2 Å². The lowest BCUT2D eigenvalue weighted by molar-refractivity contribution is -0.140. The molecule has 0 radical (unpaired) electrons. The molecule has 2 aromatic carbocycles. The second-order valence-electron chi connectivity index (χ2n) is 9.91. The molecule has 1 unspecified atom stereocenters. The summed E-state index contributed by atoms with van der Waals surface area (Å²) in [7, 11) is -3.75. The zero-order valence-electron chi connectivity index (χ0n) is 21.5. The zero-order valence-corrected chi connectivity index (χ0v) is 22.3. The Morgan fingerprint density at radius 3 is 2.21 bits per heavy atom. The van der Waals surface area contributed by atoms with E-state index in [9.17, 15) is 18.0 Å². The van der Waals surface area contributed by atoms with Crippen molar-refractivity contribution in [2.24, 2.45) is 0 Å². The molecule has 0 spiro atoms. The first kappa shape index (κ1) is 27.4. The highest BCUT2D eigenvalue weighted by atomic mass is 32.2. The number of anilines is 1. The molecule has 1 atom stereocenters. The molecule has 0 aliphatic rings. The van der Waals surface area contributed by atoms with Crippen LogP contribution in [-0.2, 0) is 26.2 Å². The number of carbonyl (C=O) groups excluding carboxylic acids is 2. The van der Waals surface area contributed by atoms with E-state index in [0.29, 0.717) is 5.69 Å². The van der Waals surface area contributed by atoms with Crippen LogP contribution in [-0.4, -0.2) is 49.5 Å². The Hall–Kier alpha value is -2.87. The number of aryl methyl sites for hydroxylation is 2. The molecule has 0 bridgehead atoms. The van der Waals surface area contributed by atoms with Crippen LogP contribution in [0.3, 0.4) is 0 Å². The Bertz CT molecular complexity index is 1150. The van der Waals surface area contributed by atoms with E-state index in [1.165, 1.54) is 4.90 Å². The SMILES string of the molecule is Cc1cccc(CN(C(=O)CN(c2cccc(C)c2C)S(C)(=O)=O)C(C)C(=O)NC(C)(C)C)c1. The van der Waals surface area contributed by atoms with Crippen LogP contribution in [0, 0.1) is 20.8 Å². The lowest BCUT2D eigenvalue weighted by atomic mass is 10.1. The van der Waals surface area contributed by atoms with Gasteiger partial charge in [-0.05, 0) is 71.2 Å². The largest absolute Gasteiger partial charge is 0.350 e. The monoisotopic (exact) mass is 487 g/mol. The molecule has 0 aromatic heterocycles. The van der Waals surface area contributed by atoms with Gasteiger partial charge in [0.05, 0.1) is 11.9 Å². The fourth-order valence-electron chi connectivity index (χ4n) is 3.66. The van der Waals surface area contributed by atoms with Gasteiger partial charge in [-0.2, -0.15) is 0 Å². The van der Waals surface area contributed by atoms with Crippen molar-refractivity contribution in [2.45, 2.75) is 66.6 Å². The summed E-state index contributed by atoms with van der Waals surface area (Å²) in [5, 5.41) is 2.92. The maximum atomic E-state index is 13.6. The number of hydrogen-bond donors (Lipinski definition) is 1. The molecule has 0 saturated carbocycles. The second kappa shape index (κ2) is 10.6. The summed E-state index contributed by atoms with van der Waals surface area (Å²) in [6.45, 7) is 12.7. The molecule has 186 valence electrons. The Balaban J connectivity index is 2.45. The summed E-state index contributed by atoms with van der Waals surface area (Å²) in [4.78, 5) is 28.0. The van der Waals surface area contributed by atoms with E-state index in [2.05, 4.69) is 5.32 Å². The number of rotatable bonds is 8. The summed E-state index contributed by atoms with van der Waals surface area (Å²) in [6, 6.07) is 12.2. The molecule has 0 fully saturated rings. The molecule has 34 heavy (non-hydrogen) atoms. The highest BCUT2D eigenvalue weighted by molar-refractivity contribution is 7.92. The van der Waals surface area contributed by atoms with Gasteiger partial charge in [0.2, 0.25) is 21.8 Å². The first-order chi connectivity index (χ1) is 15.6. The van der Waals surface area contributed by atoms with Crippen molar-refractivity contribution in [1.29, 1.82) is 0 Å². The van der Waals surface area contributed by atoms with Crippen LogP contribution < -0.4 is 9.62 Å². The smallest absolute Gasteiger partial charge is 0.244 e. The van der Waals surface area contributed by atoms with Gasteiger partial charge in [0.25, 0.3) is 0 Å². The molecule has 2 rings (SSSR count). The van der Waals surface area contributed by atoms with E-state index in [-0.39, 0.29) is 12.5 Å². The predicted octanol–water partition coefficient (Wildman–Crippen LogP) is 3.71. The fraction of sp³-hybridized carbons (Fsp3) is 0.462. The summed E-state index contributed by atoms with van der Waals surface area (Å²) >= 11 is 0. The third kappa shape index (κ3) is 7.32. The summed E-state index contributed by atoms with van der Waals surface area (Å²) in [6.07, 6.45) is 1.09. The number of nitrogens with zero attached hydrogens (tertiary/aromatic N) is 2. The third-order valence-corrected chi connectivity index (χ3v) is 6.75. The van der Waals surface area contributed by atoms with E-state index in [1.807, 2.05) is 71.9 Å². The maximum absolute atomic E-state index is 13.6. The number of hydrogen-bond acceptors (Lipinski definition) is 4. The Labute approximate surface area is 204 Å². The average molecular weight is 488 g/mol. The molecule has 2 aromatic rings. The minimum Gasteiger partial charge on any atom is -0.350 e. The maximum Gasteiger partial charge on any atom is 0.244 e. The van der Waals surface area contributed by atoms with Gasteiger partial charge in [0.15, 0.2) is 0 Å². The number of amides is 2. The number of nitrogens with one attached hydrogen (secondary N) is 1. The third-order valence-electron chi connectivity index (χ3n) is 5.62. The fourth-order valence-corrected chi connectivity index (χ4v) is 4.56. The Morgan fingerprint density at radius 1 is 1.03 bits per heavy atom. The van der Waals surface area contributed by atoms with Crippen LogP contribution in [0.1, 0.15) is 49.9 Å². The van der Waals surface area contributed by atoms with Crippen molar-refractivity contribution in [2.75, 3.05) is 17.1 Å². The number of carbonyl (C=O) groups is 2. The standard InChI is InChI=1S/C26H37N3O4S/c1-18-11-9-13-22(15-18)16-28(21(4)25(31)27-26(5,6)7)24(30)17-29(34(8,32)33)23-14-10-12-19(2)20(23)3/h9-15,21H,16-17H2,1-8H3,(H,27,31). The molecular weight excluding hydrogens is 450 g/mol. The van der Waals surface area contributed by atoms with Crippen molar-refractivity contribution >= 4 is 27.5 Å². The molecule has 1 N–H and O–H groups in total.